The van der Waals surface area contributed by atoms with Crippen molar-refractivity contribution < 1.29 is 20.1 Å². The summed E-state index contributed by atoms with van der Waals surface area (Å²) in [6, 6.07) is -0.825. The van der Waals surface area contributed by atoms with E-state index in [1.54, 1.807) is 6.08 Å². The van der Waals surface area contributed by atoms with Crippen LogP contribution in [0.3, 0.4) is 0 Å². The molecule has 0 aliphatic rings. The van der Waals surface area contributed by atoms with Crippen LogP contribution in [0, 0.1) is 0 Å². The van der Waals surface area contributed by atoms with Gasteiger partial charge in [-0.15, -0.1) is 0 Å². The van der Waals surface area contributed by atoms with Crippen LogP contribution in [0.1, 0.15) is 258 Å². The summed E-state index contributed by atoms with van der Waals surface area (Å²) in [6.07, 6.45) is 67.1. The molecule has 3 unspecified atom stereocenters. The molecule has 0 saturated carbocycles. The molecule has 0 fully saturated rings. The number of unbranched alkanes of at least 4 members (excludes halogenated alkanes) is 31. The van der Waals surface area contributed by atoms with Crippen molar-refractivity contribution in [2.24, 2.45) is 0 Å². The molecule has 0 aliphatic carbocycles. The number of allylic oxidation sites excluding steroid dienone is 9. The van der Waals surface area contributed by atoms with Gasteiger partial charge >= 0.3 is 0 Å². The number of aliphatic hydroxyl groups is 3. The fourth-order valence-electron chi connectivity index (χ4n) is 7.72. The minimum atomic E-state index is -1.12. The minimum Gasteiger partial charge on any atom is -0.394 e. The van der Waals surface area contributed by atoms with Crippen molar-refractivity contribution in [3.05, 3.63) is 60.8 Å². The molecule has 0 saturated heterocycles. The van der Waals surface area contributed by atoms with E-state index in [1.807, 2.05) is 6.08 Å². The summed E-state index contributed by atoms with van der Waals surface area (Å²) in [7, 11) is 0. The van der Waals surface area contributed by atoms with Crippen LogP contribution in [0.2, 0.25) is 0 Å². The molecule has 0 spiro atoms. The van der Waals surface area contributed by atoms with Gasteiger partial charge in [-0.3, -0.25) is 4.79 Å². The first-order chi connectivity index (χ1) is 29.6. The quantitative estimate of drug-likeness (QED) is 0.0363. The first-order valence-corrected chi connectivity index (χ1v) is 26.1. The van der Waals surface area contributed by atoms with Gasteiger partial charge in [0.15, 0.2) is 0 Å². The molecule has 5 heteroatoms. The van der Waals surface area contributed by atoms with Gasteiger partial charge in [0, 0.05) is 0 Å². The SMILES string of the molecule is CCCCCCCCCCC/C=C\C/C=C\CCCCCCCCCCCCC(O)C(=O)NC(CO)C(O)/C=C/CC/C=C/CC/C=C/CCCCCCCCCCCC. The highest BCUT2D eigenvalue weighted by Gasteiger charge is 2.22. The number of aliphatic hydroxyl groups excluding tert-OH is 3. The third-order valence-corrected chi connectivity index (χ3v) is 11.8. The summed E-state index contributed by atoms with van der Waals surface area (Å²) in [5, 5.41) is 33.3. The smallest absolute Gasteiger partial charge is 0.249 e. The Bertz CT molecular complexity index is 1020. The van der Waals surface area contributed by atoms with Crippen LogP contribution in [0.4, 0.5) is 0 Å². The highest BCUT2D eigenvalue weighted by molar-refractivity contribution is 5.80. The van der Waals surface area contributed by atoms with E-state index in [0.717, 1.165) is 51.4 Å². The lowest BCUT2D eigenvalue weighted by molar-refractivity contribution is -0.131. The number of carbonyl (C=O) groups excluding carboxylic acids is 1. The van der Waals surface area contributed by atoms with Gasteiger partial charge in [-0.05, 0) is 77.0 Å². The first-order valence-electron chi connectivity index (χ1n) is 26.1. The van der Waals surface area contributed by atoms with E-state index in [-0.39, 0.29) is 6.61 Å². The van der Waals surface area contributed by atoms with E-state index in [9.17, 15) is 20.1 Å². The molecule has 0 rings (SSSR count). The Hall–Kier alpha value is -1.95. The molecular formula is C55H101NO4. The van der Waals surface area contributed by atoms with E-state index in [1.165, 1.54) is 186 Å². The molecule has 0 radical (unpaired) electrons. The summed E-state index contributed by atoms with van der Waals surface area (Å²) in [5.74, 6) is -0.520. The van der Waals surface area contributed by atoms with Crippen LogP contribution < -0.4 is 5.32 Å². The lowest BCUT2D eigenvalue weighted by Gasteiger charge is -2.21. The van der Waals surface area contributed by atoms with Crippen molar-refractivity contribution in [2.75, 3.05) is 6.61 Å². The summed E-state index contributed by atoms with van der Waals surface area (Å²) in [6.45, 7) is 4.18. The van der Waals surface area contributed by atoms with Crippen LogP contribution in [0.25, 0.3) is 0 Å². The van der Waals surface area contributed by atoms with Gasteiger partial charge in [0.1, 0.15) is 6.10 Å². The van der Waals surface area contributed by atoms with E-state index in [0.29, 0.717) is 6.42 Å². The van der Waals surface area contributed by atoms with Gasteiger partial charge in [0.05, 0.1) is 18.8 Å². The van der Waals surface area contributed by atoms with Crippen LogP contribution in [-0.4, -0.2) is 46.1 Å². The molecule has 0 aromatic rings. The summed E-state index contributed by atoms with van der Waals surface area (Å²) >= 11 is 0. The molecule has 4 N–H and O–H groups in total. The van der Waals surface area contributed by atoms with Crippen molar-refractivity contribution in [3.8, 4) is 0 Å². The second kappa shape index (κ2) is 49.7. The van der Waals surface area contributed by atoms with Crippen molar-refractivity contribution in [2.45, 2.75) is 276 Å². The van der Waals surface area contributed by atoms with Crippen molar-refractivity contribution in [1.82, 2.24) is 5.32 Å². The Kier molecular flexibility index (Phi) is 48.1. The van der Waals surface area contributed by atoms with Gasteiger partial charge in [0.25, 0.3) is 0 Å². The van der Waals surface area contributed by atoms with E-state index >= 15 is 0 Å². The number of nitrogens with one attached hydrogen (secondary N) is 1. The third-order valence-electron chi connectivity index (χ3n) is 11.8. The Morgan fingerprint density at radius 1 is 0.417 bits per heavy atom. The molecule has 60 heavy (non-hydrogen) atoms. The zero-order valence-corrected chi connectivity index (χ0v) is 39.8. The number of amides is 1. The van der Waals surface area contributed by atoms with Gasteiger partial charge in [0.2, 0.25) is 5.91 Å². The Morgan fingerprint density at radius 2 is 0.733 bits per heavy atom. The maximum atomic E-state index is 12.5. The van der Waals surface area contributed by atoms with Crippen LogP contribution in [-0.2, 0) is 4.79 Å². The van der Waals surface area contributed by atoms with Gasteiger partial charge in [-0.1, -0.05) is 242 Å². The molecule has 5 nitrogen and oxygen atoms in total. The molecule has 1 amide bonds. The standard InChI is InChI=1S/C55H101NO4/c1-3-5-7-9-11-13-15-17-19-21-23-25-26-27-28-29-30-32-34-36-38-40-42-44-46-48-50-54(59)55(60)56-52(51-57)53(58)49-47-45-43-41-39-37-35-33-31-24-22-20-18-16-14-12-10-8-6-4-2/h23,25,27-28,31,33,39,41,47,49,52-54,57-59H,3-22,24,26,29-30,32,34-38,40,42-46,48,50-51H2,1-2H3,(H,56,60)/b25-23-,28-27-,33-31+,41-39+,49-47+. The third kappa shape index (κ3) is 44.1. The number of hydrogen-bond donors (Lipinski definition) is 4. The summed E-state index contributed by atoms with van der Waals surface area (Å²) in [5.41, 5.74) is 0. The molecule has 0 aromatic heterocycles. The largest absolute Gasteiger partial charge is 0.394 e. The van der Waals surface area contributed by atoms with Crippen LogP contribution in [0.5, 0.6) is 0 Å². The Labute approximate surface area is 373 Å². The normalized spacial score (nSPS) is 13.9. The van der Waals surface area contributed by atoms with E-state index in [2.05, 4.69) is 67.8 Å². The van der Waals surface area contributed by atoms with Gasteiger partial charge < -0.3 is 20.6 Å². The highest BCUT2D eigenvalue weighted by atomic mass is 16.3. The summed E-state index contributed by atoms with van der Waals surface area (Å²) in [4.78, 5) is 12.5. The second-order valence-electron chi connectivity index (χ2n) is 17.7. The van der Waals surface area contributed by atoms with Crippen molar-refractivity contribution >= 4 is 5.91 Å². The number of carbonyl (C=O) groups is 1. The predicted octanol–water partition coefficient (Wildman–Crippen LogP) is 15.8. The number of rotatable bonds is 47. The zero-order chi connectivity index (χ0) is 43.7. The molecule has 0 aromatic carbocycles. The van der Waals surface area contributed by atoms with Crippen LogP contribution >= 0.6 is 0 Å². The fraction of sp³-hybridized carbons (Fsp3) is 0.800. The monoisotopic (exact) mass is 840 g/mol. The van der Waals surface area contributed by atoms with Gasteiger partial charge in [-0.25, -0.2) is 0 Å². The van der Waals surface area contributed by atoms with Gasteiger partial charge in [-0.2, -0.15) is 0 Å². The van der Waals surface area contributed by atoms with E-state index in [4.69, 9.17) is 0 Å². The molecular weight excluding hydrogens is 739 g/mol. The molecule has 0 aliphatic heterocycles. The maximum Gasteiger partial charge on any atom is 0.249 e. The lowest BCUT2D eigenvalue weighted by Crippen LogP contribution is -2.48. The fourth-order valence-corrected chi connectivity index (χ4v) is 7.72. The Morgan fingerprint density at radius 3 is 1.12 bits per heavy atom. The second-order valence-corrected chi connectivity index (χ2v) is 17.7. The first kappa shape index (κ1) is 58.0. The zero-order valence-electron chi connectivity index (χ0n) is 39.8. The van der Waals surface area contributed by atoms with Crippen LogP contribution in [0.15, 0.2) is 60.8 Å². The average molecular weight is 840 g/mol. The molecule has 0 heterocycles. The maximum absolute atomic E-state index is 12.5. The lowest BCUT2D eigenvalue weighted by atomic mass is 10.0. The Balaban J connectivity index is 3.69. The number of hydrogen-bond acceptors (Lipinski definition) is 4. The van der Waals surface area contributed by atoms with E-state index < -0.39 is 24.2 Å². The van der Waals surface area contributed by atoms with Crippen molar-refractivity contribution in [1.29, 1.82) is 0 Å². The van der Waals surface area contributed by atoms with Crippen molar-refractivity contribution in [3.63, 3.8) is 0 Å². The molecule has 350 valence electrons. The topological polar surface area (TPSA) is 89.8 Å². The molecule has 0 bridgehead atoms. The highest BCUT2D eigenvalue weighted by Crippen LogP contribution is 2.15. The average Bonchev–Trinajstić information content (AvgIpc) is 3.25. The summed E-state index contributed by atoms with van der Waals surface area (Å²) < 4.78 is 0. The molecule has 3 atom stereocenters. The predicted molar refractivity (Wildman–Crippen MR) is 264 cm³/mol. The minimum absolute atomic E-state index is 0.384.